The number of carboxylic acids is 5. The number of carbonyl (C=O) groups excluding carboxylic acids is 2. The van der Waals surface area contributed by atoms with Gasteiger partial charge in [-0.1, -0.05) is 65.2 Å². The van der Waals surface area contributed by atoms with Gasteiger partial charge in [-0.2, -0.15) is 0 Å². The first-order chi connectivity index (χ1) is 15.3. The zero-order chi connectivity index (χ0) is 26.3. The Kier molecular flexibility index (Phi) is 35.8. The zero-order valence-electron chi connectivity index (χ0n) is 20.8. The molecule has 0 amide bonds. The second kappa shape index (κ2) is 28.8. The first kappa shape index (κ1) is 43.6. The van der Waals surface area contributed by atoms with Gasteiger partial charge >= 0.3 is 55.6 Å². The molecule has 0 unspecified atom stereocenters. The van der Waals surface area contributed by atoms with E-state index >= 15 is 0 Å². The van der Waals surface area contributed by atoms with Crippen molar-refractivity contribution in [3.8, 4) is 0 Å². The summed E-state index contributed by atoms with van der Waals surface area (Å²) in [7, 11) is 0. The second-order valence-electron chi connectivity index (χ2n) is 7.55. The van der Waals surface area contributed by atoms with Crippen LogP contribution in [-0.4, -0.2) is 99.1 Å². The smallest absolute Gasteiger partial charge is 0.550 e. The van der Waals surface area contributed by atoms with Crippen LogP contribution in [0.1, 0.15) is 104 Å². The minimum absolute atomic E-state index is 0. The molecule has 0 fully saturated rings. The molecular weight excluding hydrogens is 496 g/mol. The number of carboxylic acid groups (broad SMARTS) is 5. The summed E-state index contributed by atoms with van der Waals surface area (Å²) in [5, 5.41) is 53.7. The van der Waals surface area contributed by atoms with Crippen LogP contribution >= 0.6 is 0 Å². The van der Waals surface area contributed by atoms with Gasteiger partial charge in [0, 0.05) is 11.9 Å². The number of hydrogen-bond acceptors (Lipinski definition) is 8. The SMILES string of the molecule is CCCCCCCC(=O)[O-].CCCCCCCC(=O)[O-].O.O=C(O)CC(O)(CC(=O)O)C(=O)O.[Ca+2]. The molecular formula is C22H40CaO12. The molecule has 0 aliphatic heterocycles. The molecule has 0 aliphatic carbocycles. The van der Waals surface area contributed by atoms with Crippen molar-refractivity contribution < 1.29 is 60.1 Å². The maximum Gasteiger partial charge on any atom is 2.00 e. The fourth-order valence-corrected chi connectivity index (χ4v) is 2.46. The Morgan fingerprint density at radius 1 is 0.629 bits per heavy atom. The quantitative estimate of drug-likeness (QED) is 0.139. The summed E-state index contributed by atoms with van der Waals surface area (Å²) in [4.78, 5) is 50.3. The first-order valence-corrected chi connectivity index (χ1v) is 11.1. The number of rotatable bonds is 17. The Labute approximate surface area is 236 Å². The van der Waals surface area contributed by atoms with Crippen molar-refractivity contribution in [1.82, 2.24) is 0 Å². The van der Waals surface area contributed by atoms with E-state index < -0.39 is 48.3 Å². The van der Waals surface area contributed by atoms with Crippen LogP contribution in [0.25, 0.3) is 0 Å². The van der Waals surface area contributed by atoms with Crippen molar-refractivity contribution in [3.05, 3.63) is 0 Å². The molecule has 35 heavy (non-hydrogen) atoms. The van der Waals surface area contributed by atoms with E-state index in [1.807, 2.05) is 0 Å². The van der Waals surface area contributed by atoms with Crippen molar-refractivity contribution in [1.29, 1.82) is 0 Å². The molecule has 0 rings (SSSR count). The van der Waals surface area contributed by atoms with Crippen molar-refractivity contribution in [2.24, 2.45) is 0 Å². The van der Waals surface area contributed by atoms with Gasteiger partial charge in [0.15, 0.2) is 5.60 Å². The van der Waals surface area contributed by atoms with E-state index in [-0.39, 0.29) is 56.1 Å². The standard InChI is InChI=1S/2C8H16O2.C6H8O7.Ca.H2O/c2*1-2-3-4-5-6-7-8(9)10;7-3(8)1-6(13,5(11)12)2-4(9)10;;/h2*2-7H2,1H3,(H,9,10);13H,1-2H2,(H,7,8)(H,9,10)(H,11,12);;1H2/q;;;+2;/p-2. The summed E-state index contributed by atoms with van der Waals surface area (Å²) in [5.74, 6) is -6.86. The average molecular weight is 537 g/mol. The van der Waals surface area contributed by atoms with E-state index in [9.17, 15) is 34.2 Å². The van der Waals surface area contributed by atoms with E-state index in [0.29, 0.717) is 0 Å². The molecule has 0 saturated heterocycles. The van der Waals surface area contributed by atoms with E-state index in [1.54, 1.807) is 0 Å². The molecule has 0 aromatic rings. The third kappa shape index (κ3) is 37.3. The predicted molar refractivity (Wildman–Crippen MR) is 123 cm³/mol. The Morgan fingerprint density at radius 2 is 0.914 bits per heavy atom. The Bertz CT molecular complexity index is 541. The van der Waals surface area contributed by atoms with Crippen molar-refractivity contribution in [2.75, 3.05) is 0 Å². The van der Waals surface area contributed by atoms with Crippen LogP contribution in [0.4, 0.5) is 0 Å². The van der Waals surface area contributed by atoms with Crippen molar-refractivity contribution in [3.63, 3.8) is 0 Å². The molecule has 0 bridgehead atoms. The van der Waals surface area contributed by atoms with E-state index in [4.69, 9.17) is 20.4 Å². The second-order valence-corrected chi connectivity index (χ2v) is 7.55. The molecule has 0 aromatic carbocycles. The van der Waals surface area contributed by atoms with Crippen LogP contribution in [0, 0.1) is 0 Å². The Morgan fingerprint density at radius 3 is 1.11 bits per heavy atom. The molecule has 6 N–H and O–H groups in total. The van der Waals surface area contributed by atoms with Gasteiger partial charge in [0.2, 0.25) is 0 Å². The van der Waals surface area contributed by atoms with E-state index in [2.05, 4.69) is 13.8 Å². The molecule has 12 nitrogen and oxygen atoms in total. The topological polar surface area (TPSA) is 244 Å². The van der Waals surface area contributed by atoms with Crippen LogP contribution < -0.4 is 10.2 Å². The van der Waals surface area contributed by atoms with Gasteiger partial charge in [-0.3, -0.25) is 9.59 Å². The summed E-state index contributed by atoms with van der Waals surface area (Å²) in [5.41, 5.74) is -2.74. The molecule has 0 aromatic heterocycles. The normalized spacial score (nSPS) is 9.57. The Balaban J connectivity index is -0.000000127. The maximum atomic E-state index is 10.3. The molecule has 0 saturated carbocycles. The van der Waals surface area contributed by atoms with Crippen LogP contribution in [-0.2, 0) is 24.0 Å². The number of aliphatic carboxylic acids is 5. The summed E-state index contributed by atoms with van der Waals surface area (Å²) < 4.78 is 0. The molecule has 0 heterocycles. The van der Waals surface area contributed by atoms with Crippen LogP contribution in [0.15, 0.2) is 0 Å². The molecule has 0 aliphatic rings. The van der Waals surface area contributed by atoms with Crippen molar-refractivity contribution >= 4 is 67.6 Å². The molecule has 0 atom stereocenters. The van der Waals surface area contributed by atoms with E-state index in [0.717, 1.165) is 38.5 Å². The average Bonchev–Trinajstić information content (AvgIpc) is 2.67. The maximum absolute atomic E-state index is 10.3. The van der Waals surface area contributed by atoms with Gasteiger partial charge in [-0.05, 0) is 25.7 Å². The van der Waals surface area contributed by atoms with Gasteiger partial charge in [-0.15, -0.1) is 0 Å². The first-order valence-electron chi connectivity index (χ1n) is 11.1. The van der Waals surface area contributed by atoms with Gasteiger partial charge in [0.05, 0.1) is 12.8 Å². The number of aliphatic hydroxyl groups is 1. The van der Waals surface area contributed by atoms with Crippen molar-refractivity contribution in [2.45, 2.75) is 109 Å². The minimum atomic E-state index is -2.74. The number of hydrogen-bond donors (Lipinski definition) is 4. The van der Waals surface area contributed by atoms with Gasteiger partial charge < -0.3 is 45.7 Å². The molecule has 0 radical (unpaired) electrons. The third-order valence-corrected chi connectivity index (χ3v) is 4.25. The van der Waals surface area contributed by atoms with Gasteiger partial charge in [0.25, 0.3) is 0 Å². The largest absolute Gasteiger partial charge is 2.00 e. The zero-order valence-corrected chi connectivity index (χ0v) is 23.0. The molecule has 0 spiro atoms. The van der Waals surface area contributed by atoms with Gasteiger partial charge in [0.1, 0.15) is 0 Å². The third-order valence-electron chi connectivity index (χ3n) is 4.25. The van der Waals surface area contributed by atoms with Gasteiger partial charge in [-0.25, -0.2) is 4.79 Å². The van der Waals surface area contributed by atoms with Crippen LogP contribution in [0.2, 0.25) is 0 Å². The minimum Gasteiger partial charge on any atom is -0.550 e. The number of carbonyl (C=O) groups is 5. The van der Waals surface area contributed by atoms with Crippen LogP contribution in [0.5, 0.6) is 0 Å². The summed E-state index contributed by atoms with van der Waals surface area (Å²) in [6.45, 7) is 4.28. The summed E-state index contributed by atoms with van der Waals surface area (Å²) >= 11 is 0. The van der Waals surface area contributed by atoms with E-state index in [1.165, 1.54) is 25.7 Å². The monoisotopic (exact) mass is 536 g/mol. The fraction of sp³-hybridized carbons (Fsp3) is 0.773. The molecule has 13 heteroatoms. The summed E-state index contributed by atoms with van der Waals surface area (Å²) in [6, 6.07) is 0. The Hall–Kier alpha value is -1.47. The summed E-state index contributed by atoms with van der Waals surface area (Å²) in [6.07, 6.45) is 8.93. The fourth-order valence-electron chi connectivity index (χ4n) is 2.46. The molecule has 202 valence electrons. The van der Waals surface area contributed by atoms with Crippen LogP contribution in [0.3, 0.4) is 0 Å². The number of unbranched alkanes of at least 4 members (excludes halogenated alkanes) is 8. The predicted octanol–water partition coefficient (Wildman–Crippen LogP) is -0.260.